The normalized spacial score (nSPS) is 31.1. The molecule has 92 valence electrons. The Morgan fingerprint density at radius 2 is 2.19 bits per heavy atom. The van der Waals surface area contributed by atoms with Gasteiger partial charge in [0.05, 0.1) is 17.1 Å². The summed E-state index contributed by atoms with van der Waals surface area (Å²) in [4.78, 5) is 0. The molecule has 0 bridgehead atoms. The highest BCUT2D eigenvalue weighted by Gasteiger charge is 2.36. The summed E-state index contributed by atoms with van der Waals surface area (Å²) in [5, 5.41) is 9.44. The lowest BCUT2D eigenvalue weighted by molar-refractivity contribution is 0.00326. The molecular weight excluding hydrogens is 198 g/mol. The molecule has 2 unspecified atom stereocenters. The van der Waals surface area contributed by atoms with E-state index in [2.05, 4.69) is 26.8 Å². The second kappa shape index (κ2) is 5.19. The van der Waals surface area contributed by atoms with Crippen molar-refractivity contribution in [3.63, 3.8) is 0 Å². The van der Waals surface area contributed by atoms with Crippen LogP contribution < -0.4 is 0 Å². The number of hydrogen-bond acceptors (Lipinski definition) is 2. The van der Waals surface area contributed by atoms with Crippen molar-refractivity contribution in [2.45, 2.75) is 64.9 Å². The van der Waals surface area contributed by atoms with Gasteiger partial charge in [0.25, 0.3) is 0 Å². The van der Waals surface area contributed by atoms with E-state index in [0.717, 1.165) is 25.7 Å². The highest BCUT2D eigenvalue weighted by molar-refractivity contribution is 5.02. The fourth-order valence-electron chi connectivity index (χ4n) is 2.69. The van der Waals surface area contributed by atoms with E-state index < -0.39 is 0 Å². The Morgan fingerprint density at radius 1 is 1.50 bits per heavy atom. The molecule has 1 fully saturated rings. The minimum Gasteiger partial charge on any atom is -0.379 e. The molecule has 0 spiro atoms. The third-order valence-electron chi connectivity index (χ3n) is 4.09. The quantitative estimate of drug-likeness (QED) is 0.724. The summed E-state index contributed by atoms with van der Waals surface area (Å²) in [7, 11) is 1.75. The zero-order valence-corrected chi connectivity index (χ0v) is 11.2. The highest BCUT2D eigenvalue weighted by Crippen LogP contribution is 2.43. The highest BCUT2D eigenvalue weighted by atomic mass is 16.5. The van der Waals surface area contributed by atoms with Crippen LogP contribution in [-0.2, 0) is 4.74 Å². The summed E-state index contributed by atoms with van der Waals surface area (Å²) in [6, 6.07) is 2.59. The van der Waals surface area contributed by atoms with Crippen LogP contribution in [0.15, 0.2) is 0 Å². The van der Waals surface area contributed by atoms with E-state index in [4.69, 9.17) is 4.74 Å². The largest absolute Gasteiger partial charge is 0.379 e. The molecule has 0 saturated heterocycles. The molecule has 0 heterocycles. The van der Waals surface area contributed by atoms with E-state index in [9.17, 15) is 5.26 Å². The van der Waals surface area contributed by atoms with Gasteiger partial charge in [-0.25, -0.2) is 0 Å². The molecule has 0 aliphatic heterocycles. The number of hydrogen-bond donors (Lipinski definition) is 0. The van der Waals surface area contributed by atoms with Gasteiger partial charge in [-0.15, -0.1) is 0 Å². The van der Waals surface area contributed by atoms with Crippen LogP contribution in [0.3, 0.4) is 0 Å². The minimum atomic E-state index is -0.0927. The van der Waals surface area contributed by atoms with Gasteiger partial charge in [0, 0.05) is 7.11 Å². The smallest absolute Gasteiger partial charge is 0.0689 e. The van der Waals surface area contributed by atoms with Crippen molar-refractivity contribution < 1.29 is 4.74 Å². The zero-order valence-electron chi connectivity index (χ0n) is 11.2. The molecule has 0 N–H and O–H groups in total. The number of ether oxygens (including phenoxy) is 1. The van der Waals surface area contributed by atoms with Gasteiger partial charge in [-0.05, 0) is 45.4 Å². The van der Waals surface area contributed by atoms with Crippen molar-refractivity contribution >= 4 is 0 Å². The molecule has 2 atom stereocenters. The molecule has 0 radical (unpaired) electrons. The topological polar surface area (TPSA) is 33.0 Å². The van der Waals surface area contributed by atoms with Crippen LogP contribution in [0.25, 0.3) is 0 Å². The van der Waals surface area contributed by atoms with Gasteiger partial charge in [0.1, 0.15) is 0 Å². The first-order chi connectivity index (χ1) is 7.43. The van der Waals surface area contributed by atoms with Gasteiger partial charge in [-0.1, -0.05) is 19.8 Å². The molecule has 0 aromatic rings. The molecule has 2 heteroatoms. The van der Waals surface area contributed by atoms with Gasteiger partial charge in [-0.3, -0.25) is 0 Å². The first-order valence-electron chi connectivity index (χ1n) is 6.39. The fraction of sp³-hybridized carbons (Fsp3) is 0.929. The molecule has 1 rings (SSSR count). The van der Waals surface area contributed by atoms with E-state index >= 15 is 0 Å². The van der Waals surface area contributed by atoms with Crippen molar-refractivity contribution in [1.82, 2.24) is 0 Å². The first kappa shape index (κ1) is 13.5. The van der Waals surface area contributed by atoms with Gasteiger partial charge in [-0.2, -0.15) is 5.26 Å². The molecule has 2 nitrogen and oxygen atoms in total. The van der Waals surface area contributed by atoms with Crippen LogP contribution in [-0.4, -0.2) is 12.7 Å². The zero-order chi connectivity index (χ0) is 12.2. The van der Waals surface area contributed by atoms with Crippen molar-refractivity contribution in [2.75, 3.05) is 7.11 Å². The van der Waals surface area contributed by atoms with Crippen LogP contribution in [0.2, 0.25) is 0 Å². The Labute approximate surface area is 100.0 Å². The molecular formula is C14H25NO. The minimum absolute atomic E-state index is 0.0759. The van der Waals surface area contributed by atoms with Crippen molar-refractivity contribution in [3.8, 4) is 6.07 Å². The second-order valence-electron chi connectivity index (χ2n) is 6.06. The van der Waals surface area contributed by atoms with Crippen molar-refractivity contribution in [3.05, 3.63) is 0 Å². The lowest BCUT2D eigenvalue weighted by Crippen LogP contribution is -2.31. The summed E-state index contributed by atoms with van der Waals surface area (Å²) < 4.78 is 5.44. The van der Waals surface area contributed by atoms with E-state index in [1.807, 2.05) is 0 Å². The third-order valence-corrected chi connectivity index (χ3v) is 4.09. The lowest BCUT2D eigenvalue weighted by atomic mass is 9.68. The molecule has 1 aliphatic rings. The van der Waals surface area contributed by atoms with Gasteiger partial charge >= 0.3 is 0 Å². The maximum atomic E-state index is 9.44. The van der Waals surface area contributed by atoms with Crippen LogP contribution in [0.4, 0.5) is 0 Å². The standard InChI is InChI=1S/C14H25NO/c1-12-6-5-7-14(10-12,11-15)9-8-13(2,3)16-4/h12H,5-10H2,1-4H3. The molecule has 1 aliphatic carbocycles. The van der Waals surface area contributed by atoms with Crippen LogP contribution >= 0.6 is 0 Å². The lowest BCUT2D eigenvalue weighted by Gasteiger charge is -2.36. The van der Waals surface area contributed by atoms with E-state index in [-0.39, 0.29) is 11.0 Å². The summed E-state index contributed by atoms with van der Waals surface area (Å²) in [5.41, 5.74) is -0.169. The summed E-state index contributed by atoms with van der Waals surface area (Å²) in [6.45, 7) is 6.47. The van der Waals surface area contributed by atoms with Crippen LogP contribution in [0, 0.1) is 22.7 Å². The number of nitriles is 1. The molecule has 0 aromatic heterocycles. The van der Waals surface area contributed by atoms with Gasteiger partial charge < -0.3 is 4.74 Å². The second-order valence-corrected chi connectivity index (χ2v) is 6.06. The maximum Gasteiger partial charge on any atom is 0.0689 e. The van der Waals surface area contributed by atoms with E-state index in [1.54, 1.807) is 7.11 Å². The predicted octanol–water partition coefficient (Wildman–Crippen LogP) is 3.91. The van der Waals surface area contributed by atoms with Gasteiger partial charge in [0.15, 0.2) is 0 Å². The van der Waals surface area contributed by atoms with E-state index in [1.165, 1.54) is 12.8 Å². The molecule has 1 saturated carbocycles. The Morgan fingerprint density at radius 3 is 2.69 bits per heavy atom. The Hall–Kier alpha value is -0.550. The predicted molar refractivity (Wildman–Crippen MR) is 66.0 cm³/mol. The van der Waals surface area contributed by atoms with Crippen LogP contribution in [0.5, 0.6) is 0 Å². The summed E-state index contributed by atoms with van der Waals surface area (Å²) in [6.07, 6.45) is 6.61. The Balaban J connectivity index is 2.58. The number of rotatable bonds is 4. The average Bonchev–Trinajstić information content (AvgIpc) is 2.27. The first-order valence-corrected chi connectivity index (χ1v) is 6.39. The number of nitrogens with zero attached hydrogens (tertiary/aromatic N) is 1. The fourth-order valence-corrected chi connectivity index (χ4v) is 2.69. The van der Waals surface area contributed by atoms with E-state index in [0.29, 0.717) is 5.92 Å². The van der Waals surface area contributed by atoms with Crippen molar-refractivity contribution in [1.29, 1.82) is 5.26 Å². The summed E-state index contributed by atoms with van der Waals surface area (Å²) >= 11 is 0. The third kappa shape index (κ3) is 3.49. The average molecular weight is 223 g/mol. The SMILES string of the molecule is COC(C)(C)CCC1(C#N)CCCC(C)C1. The Kier molecular flexibility index (Phi) is 4.38. The van der Waals surface area contributed by atoms with Crippen LogP contribution in [0.1, 0.15) is 59.3 Å². The maximum absolute atomic E-state index is 9.44. The molecule has 0 amide bonds. The Bertz CT molecular complexity index is 266. The molecule has 0 aromatic carbocycles. The van der Waals surface area contributed by atoms with Crippen molar-refractivity contribution in [2.24, 2.45) is 11.3 Å². The monoisotopic (exact) mass is 223 g/mol. The summed E-state index contributed by atoms with van der Waals surface area (Å²) in [5.74, 6) is 0.707. The molecule has 16 heavy (non-hydrogen) atoms. The van der Waals surface area contributed by atoms with Gasteiger partial charge in [0.2, 0.25) is 0 Å². The number of methoxy groups -OCH3 is 1.